The average molecular weight is 263 g/mol. The van der Waals surface area contributed by atoms with Crippen LogP contribution in [0.1, 0.15) is 18.9 Å². The molecular formula is C13H17N3O3. The van der Waals surface area contributed by atoms with E-state index >= 15 is 0 Å². The molecule has 1 aliphatic rings. The fourth-order valence-corrected chi connectivity index (χ4v) is 1.70. The first-order valence-electron chi connectivity index (χ1n) is 6.10. The highest BCUT2D eigenvalue weighted by Crippen LogP contribution is 2.28. The van der Waals surface area contributed by atoms with Crippen LogP contribution in [0.4, 0.5) is 0 Å². The number of amidine groups is 1. The summed E-state index contributed by atoms with van der Waals surface area (Å²) >= 11 is 0. The summed E-state index contributed by atoms with van der Waals surface area (Å²) in [5.74, 6) is 1.05. The molecule has 6 nitrogen and oxygen atoms in total. The second-order valence-corrected chi connectivity index (χ2v) is 4.69. The summed E-state index contributed by atoms with van der Waals surface area (Å²) in [6, 6.07) is 6.95. The minimum absolute atomic E-state index is 0.00780. The Balaban J connectivity index is 1.81. The fourth-order valence-electron chi connectivity index (χ4n) is 1.70. The van der Waals surface area contributed by atoms with Crippen LogP contribution in [0.25, 0.3) is 0 Å². The number of carbonyl (C=O) groups is 1. The predicted molar refractivity (Wildman–Crippen MR) is 70.2 cm³/mol. The SMILES string of the molecule is CC1CC1NC(=O)COc1ccc(C(N)=NO)cc1. The highest BCUT2D eigenvalue weighted by molar-refractivity contribution is 5.97. The maximum atomic E-state index is 11.5. The van der Waals surface area contributed by atoms with Crippen molar-refractivity contribution in [1.82, 2.24) is 5.32 Å². The van der Waals surface area contributed by atoms with Gasteiger partial charge in [-0.05, 0) is 36.6 Å². The third kappa shape index (κ3) is 3.61. The second-order valence-electron chi connectivity index (χ2n) is 4.69. The van der Waals surface area contributed by atoms with Crippen LogP contribution in [0.5, 0.6) is 5.75 Å². The summed E-state index contributed by atoms with van der Waals surface area (Å²) in [7, 11) is 0. The van der Waals surface area contributed by atoms with E-state index in [0.29, 0.717) is 23.3 Å². The third-order valence-electron chi connectivity index (χ3n) is 3.08. The summed E-state index contributed by atoms with van der Waals surface area (Å²) in [4.78, 5) is 11.5. The van der Waals surface area contributed by atoms with Crippen molar-refractivity contribution in [1.29, 1.82) is 0 Å². The predicted octanol–water partition coefficient (Wildman–Crippen LogP) is 0.684. The van der Waals surface area contributed by atoms with Crippen molar-refractivity contribution in [2.75, 3.05) is 6.61 Å². The average Bonchev–Trinajstić information content (AvgIpc) is 3.11. The molecule has 0 radical (unpaired) electrons. The van der Waals surface area contributed by atoms with E-state index in [-0.39, 0.29) is 18.3 Å². The number of nitrogens with one attached hydrogen (secondary N) is 1. The number of hydrogen-bond donors (Lipinski definition) is 3. The van der Waals surface area contributed by atoms with Crippen molar-refractivity contribution in [3.05, 3.63) is 29.8 Å². The number of nitrogens with zero attached hydrogens (tertiary/aromatic N) is 1. The molecule has 1 saturated carbocycles. The fraction of sp³-hybridized carbons (Fsp3) is 0.385. The van der Waals surface area contributed by atoms with Gasteiger partial charge >= 0.3 is 0 Å². The summed E-state index contributed by atoms with van der Waals surface area (Å²) in [5.41, 5.74) is 6.03. The molecule has 102 valence electrons. The van der Waals surface area contributed by atoms with Gasteiger partial charge in [0.2, 0.25) is 0 Å². The smallest absolute Gasteiger partial charge is 0.258 e. The quantitative estimate of drug-likeness (QED) is 0.315. The molecule has 4 N–H and O–H groups in total. The lowest BCUT2D eigenvalue weighted by Gasteiger charge is -2.07. The van der Waals surface area contributed by atoms with E-state index in [4.69, 9.17) is 15.7 Å². The van der Waals surface area contributed by atoms with Crippen LogP contribution in [0.15, 0.2) is 29.4 Å². The van der Waals surface area contributed by atoms with E-state index in [2.05, 4.69) is 17.4 Å². The van der Waals surface area contributed by atoms with Gasteiger partial charge in [0.05, 0.1) is 0 Å². The molecule has 2 unspecified atom stereocenters. The van der Waals surface area contributed by atoms with Crippen molar-refractivity contribution >= 4 is 11.7 Å². The number of benzene rings is 1. The van der Waals surface area contributed by atoms with Crippen molar-refractivity contribution in [3.63, 3.8) is 0 Å². The Morgan fingerprint density at radius 1 is 1.53 bits per heavy atom. The molecule has 2 rings (SSSR count). The molecule has 0 heterocycles. The van der Waals surface area contributed by atoms with Crippen LogP contribution in [-0.2, 0) is 4.79 Å². The number of oxime groups is 1. The van der Waals surface area contributed by atoms with E-state index < -0.39 is 0 Å². The molecule has 1 aliphatic carbocycles. The standard InChI is InChI=1S/C13H17N3O3/c1-8-6-11(8)15-12(17)7-19-10-4-2-9(3-5-10)13(14)16-18/h2-5,8,11,18H,6-7H2,1H3,(H2,14,16)(H,15,17). The Hall–Kier alpha value is -2.24. The van der Waals surface area contributed by atoms with E-state index in [1.165, 1.54) is 0 Å². The topological polar surface area (TPSA) is 96.9 Å². The van der Waals surface area contributed by atoms with Gasteiger partial charge in [0.1, 0.15) is 5.75 Å². The minimum Gasteiger partial charge on any atom is -0.484 e. The maximum Gasteiger partial charge on any atom is 0.258 e. The van der Waals surface area contributed by atoms with Gasteiger partial charge in [-0.3, -0.25) is 4.79 Å². The first-order chi connectivity index (χ1) is 9.10. The van der Waals surface area contributed by atoms with Crippen LogP contribution in [-0.4, -0.2) is 29.6 Å². The van der Waals surface area contributed by atoms with Crippen molar-refractivity contribution in [3.8, 4) is 5.75 Å². The summed E-state index contributed by atoms with van der Waals surface area (Å²) in [6.07, 6.45) is 1.04. The molecule has 19 heavy (non-hydrogen) atoms. The van der Waals surface area contributed by atoms with E-state index in [1.807, 2.05) is 0 Å². The van der Waals surface area contributed by atoms with Crippen LogP contribution in [0, 0.1) is 5.92 Å². The van der Waals surface area contributed by atoms with Gasteiger partial charge in [0, 0.05) is 11.6 Å². The van der Waals surface area contributed by atoms with Gasteiger partial charge in [-0.2, -0.15) is 0 Å². The molecule has 6 heteroatoms. The number of rotatable bonds is 5. The van der Waals surface area contributed by atoms with E-state index in [9.17, 15) is 4.79 Å². The lowest BCUT2D eigenvalue weighted by molar-refractivity contribution is -0.123. The van der Waals surface area contributed by atoms with Crippen molar-refractivity contribution in [2.24, 2.45) is 16.8 Å². The van der Waals surface area contributed by atoms with Gasteiger partial charge in [-0.1, -0.05) is 12.1 Å². The van der Waals surface area contributed by atoms with Gasteiger partial charge in [-0.25, -0.2) is 0 Å². The molecule has 1 amide bonds. The Morgan fingerprint density at radius 3 is 2.68 bits per heavy atom. The van der Waals surface area contributed by atoms with Gasteiger partial charge in [-0.15, -0.1) is 0 Å². The highest BCUT2D eigenvalue weighted by Gasteiger charge is 2.33. The number of ether oxygens (including phenoxy) is 1. The number of amides is 1. The first kappa shape index (κ1) is 13.2. The Labute approximate surface area is 111 Å². The molecule has 0 aliphatic heterocycles. The van der Waals surface area contributed by atoms with Crippen LogP contribution < -0.4 is 15.8 Å². The molecule has 1 aromatic rings. The second kappa shape index (κ2) is 5.60. The van der Waals surface area contributed by atoms with E-state index in [0.717, 1.165) is 6.42 Å². The van der Waals surface area contributed by atoms with Crippen molar-refractivity contribution in [2.45, 2.75) is 19.4 Å². The Morgan fingerprint density at radius 2 is 2.16 bits per heavy atom. The highest BCUT2D eigenvalue weighted by atomic mass is 16.5. The molecule has 1 aromatic carbocycles. The lowest BCUT2D eigenvalue weighted by atomic mass is 10.2. The van der Waals surface area contributed by atoms with Gasteiger partial charge < -0.3 is 21.0 Å². The molecule has 0 spiro atoms. The summed E-state index contributed by atoms with van der Waals surface area (Å²) in [5, 5.41) is 14.3. The molecular weight excluding hydrogens is 246 g/mol. The number of nitrogens with two attached hydrogens (primary N) is 1. The first-order valence-corrected chi connectivity index (χ1v) is 6.10. The zero-order chi connectivity index (χ0) is 13.8. The zero-order valence-electron chi connectivity index (χ0n) is 10.7. The van der Waals surface area contributed by atoms with E-state index in [1.54, 1.807) is 24.3 Å². The monoisotopic (exact) mass is 263 g/mol. The van der Waals surface area contributed by atoms with Gasteiger partial charge in [0.25, 0.3) is 5.91 Å². The number of carbonyl (C=O) groups excluding carboxylic acids is 1. The van der Waals surface area contributed by atoms with Crippen LogP contribution in [0.3, 0.4) is 0 Å². The van der Waals surface area contributed by atoms with Crippen molar-refractivity contribution < 1.29 is 14.7 Å². The molecule has 2 atom stereocenters. The Kier molecular flexibility index (Phi) is 3.89. The molecule has 0 saturated heterocycles. The zero-order valence-corrected chi connectivity index (χ0v) is 10.7. The van der Waals surface area contributed by atoms with Gasteiger partial charge in [0.15, 0.2) is 12.4 Å². The Bertz CT molecular complexity index is 484. The minimum atomic E-state index is -0.116. The molecule has 1 fully saturated rings. The third-order valence-corrected chi connectivity index (χ3v) is 3.08. The summed E-state index contributed by atoms with van der Waals surface area (Å²) < 4.78 is 5.34. The molecule has 0 aromatic heterocycles. The molecule has 0 bridgehead atoms. The summed E-state index contributed by atoms with van der Waals surface area (Å²) in [6.45, 7) is 2.09. The maximum absolute atomic E-state index is 11.5. The largest absolute Gasteiger partial charge is 0.484 e. The van der Waals surface area contributed by atoms with Crippen LogP contribution >= 0.6 is 0 Å². The van der Waals surface area contributed by atoms with Crippen LogP contribution in [0.2, 0.25) is 0 Å². The number of hydrogen-bond acceptors (Lipinski definition) is 4. The lowest BCUT2D eigenvalue weighted by Crippen LogP contribution is -2.31. The normalized spacial score (nSPS) is 21.8.